The van der Waals surface area contributed by atoms with E-state index in [0.717, 1.165) is 38.0 Å². The van der Waals surface area contributed by atoms with Crippen molar-refractivity contribution in [3.8, 4) is 0 Å². The van der Waals surface area contributed by atoms with E-state index in [1.165, 1.54) is 5.56 Å². The van der Waals surface area contributed by atoms with Crippen LogP contribution in [0.3, 0.4) is 0 Å². The summed E-state index contributed by atoms with van der Waals surface area (Å²) in [4.78, 5) is 4.26. The van der Waals surface area contributed by atoms with Gasteiger partial charge in [0.15, 0.2) is 0 Å². The molecule has 0 amide bonds. The summed E-state index contributed by atoms with van der Waals surface area (Å²) in [5.41, 5.74) is 7.66. The van der Waals surface area contributed by atoms with Gasteiger partial charge in [0.25, 0.3) is 0 Å². The lowest BCUT2D eigenvalue weighted by atomic mass is 9.86. The largest absolute Gasteiger partial charge is 0.409 e. The van der Waals surface area contributed by atoms with Crippen molar-refractivity contribution >= 4 is 5.84 Å². The first-order valence-corrected chi connectivity index (χ1v) is 7.06. The summed E-state index contributed by atoms with van der Waals surface area (Å²) in [5.74, 6) is 0.302. The highest BCUT2D eigenvalue weighted by Gasteiger charge is 2.22. The molecule has 0 aliphatic carbocycles. The third kappa shape index (κ3) is 5.57. The molecular formula is C15H26N4O. The molecule has 0 atom stereocenters. The molecule has 0 saturated heterocycles. The third-order valence-corrected chi connectivity index (χ3v) is 3.51. The molecule has 0 spiro atoms. The number of rotatable bonds is 8. The molecule has 0 bridgehead atoms. The van der Waals surface area contributed by atoms with Gasteiger partial charge in [-0.15, -0.1) is 0 Å². The minimum absolute atomic E-state index is 0.240. The van der Waals surface area contributed by atoms with Crippen molar-refractivity contribution in [1.82, 2.24) is 10.3 Å². The summed E-state index contributed by atoms with van der Waals surface area (Å²) >= 11 is 0. The number of aryl methyl sites for hydroxylation is 1. The predicted molar refractivity (Wildman–Crippen MR) is 81.7 cm³/mol. The zero-order valence-corrected chi connectivity index (χ0v) is 12.7. The SMILES string of the molecule is Cc1ccc(CNCCCCC(C)(C)/C(N)=N/O)cn1. The zero-order chi connectivity index (χ0) is 15.0. The van der Waals surface area contributed by atoms with Gasteiger partial charge in [0, 0.05) is 23.9 Å². The lowest BCUT2D eigenvalue weighted by molar-refractivity contribution is 0.304. The first kappa shape index (κ1) is 16.4. The molecule has 1 rings (SSSR count). The predicted octanol–water partition coefficient (Wildman–Crippen LogP) is 2.42. The molecule has 20 heavy (non-hydrogen) atoms. The summed E-state index contributed by atoms with van der Waals surface area (Å²) in [6.45, 7) is 7.78. The number of unbranched alkanes of at least 4 members (excludes halogenated alkanes) is 1. The van der Waals surface area contributed by atoms with E-state index >= 15 is 0 Å². The normalized spacial score (nSPS) is 12.7. The maximum absolute atomic E-state index is 8.70. The number of aromatic nitrogens is 1. The van der Waals surface area contributed by atoms with Gasteiger partial charge in [0.1, 0.15) is 5.84 Å². The molecular weight excluding hydrogens is 252 g/mol. The molecule has 0 saturated carbocycles. The van der Waals surface area contributed by atoms with Crippen molar-refractivity contribution in [2.45, 2.75) is 46.6 Å². The van der Waals surface area contributed by atoms with Crippen molar-refractivity contribution in [3.05, 3.63) is 29.6 Å². The van der Waals surface area contributed by atoms with E-state index in [4.69, 9.17) is 10.9 Å². The van der Waals surface area contributed by atoms with Gasteiger partial charge in [-0.05, 0) is 37.9 Å². The Balaban J connectivity index is 2.15. The fourth-order valence-electron chi connectivity index (χ4n) is 1.92. The second-order valence-electron chi connectivity index (χ2n) is 5.81. The maximum Gasteiger partial charge on any atom is 0.144 e. The monoisotopic (exact) mass is 278 g/mol. The molecule has 1 aromatic heterocycles. The number of hydrogen-bond donors (Lipinski definition) is 3. The highest BCUT2D eigenvalue weighted by molar-refractivity contribution is 5.85. The summed E-state index contributed by atoms with van der Waals surface area (Å²) in [6.07, 6.45) is 4.93. The van der Waals surface area contributed by atoms with E-state index in [9.17, 15) is 0 Å². The van der Waals surface area contributed by atoms with Crippen molar-refractivity contribution < 1.29 is 5.21 Å². The quantitative estimate of drug-likeness (QED) is 0.224. The van der Waals surface area contributed by atoms with Crippen molar-refractivity contribution in [3.63, 3.8) is 0 Å². The number of nitrogens with two attached hydrogens (primary N) is 1. The molecule has 4 N–H and O–H groups in total. The summed E-state index contributed by atoms with van der Waals surface area (Å²) in [7, 11) is 0. The molecule has 0 unspecified atom stereocenters. The number of hydrogen-bond acceptors (Lipinski definition) is 4. The molecule has 1 aromatic rings. The number of oxime groups is 1. The van der Waals surface area contributed by atoms with E-state index in [1.807, 2.05) is 33.0 Å². The van der Waals surface area contributed by atoms with Crippen molar-refractivity contribution in [2.75, 3.05) is 6.54 Å². The van der Waals surface area contributed by atoms with Gasteiger partial charge in [-0.1, -0.05) is 31.5 Å². The molecule has 112 valence electrons. The molecule has 0 aliphatic rings. The zero-order valence-electron chi connectivity index (χ0n) is 12.7. The number of nitrogens with zero attached hydrogens (tertiary/aromatic N) is 2. The molecule has 1 heterocycles. The van der Waals surface area contributed by atoms with E-state index < -0.39 is 0 Å². The number of pyridine rings is 1. The van der Waals surface area contributed by atoms with Gasteiger partial charge in [0.2, 0.25) is 0 Å². The van der Waals surface area contributed by atoms with E-state index in [2.05, 4.69) is 21.5 Å². The molecule has 5 nitrogen and oxygen atoms in total. The topological polar surface area (TPSA) is 83.5 Å². The van der Waals surface area contributed by atoms with Crippen LogP contribution in [-0.2, 0) is 6.54 Å². The van der Waals surface area contributed by atoms with Crippen LogP contribution in [0.2, 0.25) is 0 Å². The van der Waals surface area contributed by atoms with Crippen LogP contribution in [0, 0.1) is 12.3 Å². The third-order valence-electron chi connectivity index (χ3n) is 3.51. The first-order chi connectivity index (χ1) is 9.45. The Bertz CT molecular complexity index is 426. The summed E-state index contributed by atoms with van der Waals surface area (Å²) in [6, 6.07) is 4.12. The number of amidine groups is 1. The molecule has 0 aromatic carbocycles. The van der Waals surface area contributed by atoms with Gasteiger partial charge in [-0.3, -0.25) is 4.98 Å². The lowest BCUT2D eigenvalue weighted by Crippen LogP contribution is -2.32. The average Bonchev–Trinajstić information content (AvgIpc) is 2.43. The average molecular weight is 278 g/mol. The second kappa shape index (κ2) is 7.85. The highest BCUT2D eigenvalue weighted by Crippen LogP contribution is 2.23. The van der Waals surface area contributed by atoms with Crippen molar-refractivity contribution in [2.24, 2.45) is 16.3 Å². The Kier molecular flexibility index (Phi) is 6.45. The number of nitrogens with one attached hydrogen (secondary N) is 1. The Morgan fingerprint density at radius 2 is 2.15 bits per heavy atom. The Morgan fingerprint density at radius 3 is 2.75 bits per heavy atom. The smallest absolute Gasteiger partial charge is 0.144 e. The minimum Gasteiger partial charge on any atom is -0.409 e. The van der Waals surface area contributed by atoms with Crippen molar-refractivity contribution in [1.29, 1.82) is 0 Å². The Morgan fingerprint density at radius 1 is 1.40 bits per heavy atom. The fourth-order valence-corrected chi connectivity index (χ4v) is 1.92. The van der Waals surface area contributed by atoms with E-state index in [0.29, 0.717) is 5.84 Å². The van der Waals surface area contributed by atoms with Gasteiger partial charge in [-0.25, -0.2) is 0 Å². The molecule has 5 heteroatoms. The summed E-state index contributed by atoms with van der Waals surface area (Å²) in [5, 5.41) is 15.2. The first-order valence-electron chi connectivity index (χ1n) is 7.06. The van der Waals surface area contributed by atoms with Crippen LogP contribution in [0.25, 0.3) is 0 Å². The Hall–Kier alpha value is -1.62. The van der Waals surface area contributed by atoms with Crippen LogP contribution >= 0.6 is 0 Å². The van der Waals surface area contributed by atoms with Gasteiger partial charge < -0.3 is 16.3 Å². The maximum atomic E-state index is 8.70. The van der Waals surface area contributed by atoms with Crippen LogP contribution < -0.4 is 11.1 Å². The van der Waals surface area contributed by atoms with Gasteiger partial charge in [0.05, 0.1) is 0 Å². The van der Waals surface area contributed by atoms with Crippen LogP contribution in [-0.4, -0.2) is 22.6 Å². The minimum atomic E-state index is -0.240. The van der Waals surface area contributed by atoms with Crippen LogP contribution in [0.5, 0.6) is 0 Å². The molecule has 0 fully saturated rings. The second-order valence-corrected chi connectivity index (χ2v) is 5.81. The highest BCUT2D eigenvalue weighted by atomic mass is 16.4. The standard InChI is InChI=1S/C15H26N4O/c1-12-6-7-13(11-18-12)10-17-9-5-4-8-15(2,3)14(16)19-20/h6-7,11,17,20H,4-5,8-10H2,1-3H3,(H2,16,19). The van der Waals surface area contributed by atoms with Crippen LogP contribution in [0.4, 0.5) is 0 Å². The fraction of sp³-hybridized carbons (Fsp3) is 0.600. The van der Waals surface area contributed by atoms with Crippen LogP contribution in [0.15, 0.2) is 23.5 Å². The molecule has 0 radical (unpaired) electrons. The lowest BCUT2D eigenvalue weighted by Gasteiger charge is -2.22. The molecule has 0 aliphatic heterocycles. The summed E-state index contributed by atoms with van der Waals surface area (Å²) < 4.78 is 0. The van der Waals surface area contributed by atoms with Gasteiger partial charge in [-0.2, -0.15) is 0 Å². The Labute approximate surface area is 121 Å². The van der Waals surface area contributed by atoms with E-state index in [-0.39, 0.29) is 5.41 Å². The van der Waals surface area contributed by atoms with Gasteiger partial charge >= 0.3 is 0 Å². The van der Waals surface area contributed by atoms with Crippen LogP contribution in [0.1, 0.15) is 44.4 Å². The van der Waals surface area contributed by atoms with E-state index in [1.54, 1.807) is 0 Å².